The third-order valence-electron chi connectivity index (χ3n) is 6.57. The van der Waals surface area contributed by atoms with Crippen molar-refractivity contribution in [3.05, 3.63) is 18.0 Å². The second-order valence-corrected chi connectivity index (χ2v) is 8.76. The molecule has 144 valence electrons. The van der Waals surface area contributed by atoms with Gasteiger partial charge in [-0.25, -0.2) is 9.97 Å². The second-order valence-electron chi connectivity index (χ2n) is 8.19. The van der Waals surface area contributed by atoms with Crippen molar-refractivity contribution in [2.75, 3.05) is 7.11 Å². The minimum Gasteiger partial charge on any atom is -0.467 e. The van der Waals surface area contributed by atoms with E-state index in [0.29, 0.717) is 23.6 Å². The Labute approximate surface area is 162 Å². The van der Waals surface area contributed by atoms with Crippen LogP contribution in [0.1, 0.15) is 76.2 Å². The average Bonchev–Trinajstić information content (AvgIpc) is 2.68. The fraction of sp³-hybridized carbons (Fsp3) is 0.762. The van der Waals surface area contributed by atoms with E-state index in [9.17, 15) is 4.79 Å². The van der Waals surface area contributed by atoms with E-state index >= 15 is 0 Å². The number of nitrogens with zero attached hydrogens (tertiary/aromatic N) is 2. The van der Waals surface area contributed by atoms with Crippen LogP contribution in [0.25, 0.3) is 0 Å². The summed E-state index contributed by atoms with van der Waals surface area (Å²) in [4.78, 5) is 20.0. The van der Waals surface area contributed by atoms with Gasteiger partial charge in [0, 0.05) is 23.7 Å². The fourth-order valence-corrected chi connectivity index (χ4v) is 5.28. The third kappa shape index (κ3) is 4.97. The van der Waals surface area contributed by atoms with E-state index in [2.05, 4.69) is 9.97 Å². The molecule has 1 aromatic heterocycles. The lowest BCUT2D eigenvalue weighted by atomic mass is 9.74. The first-order valence-electron chi connectivity index (χ1n) is 10.1. The van der Waals surface area contributed by atoms with Crippen LogP contribution < -0.4 is 4.74 Å². The molecule has 0 spiro atoms. The summed E-state index contributed by atoms with van der Waals surface area (Å²) < 4.78 is 5.04. The highest BCUT2D eigenvalue weighted by molar-refractivity contribution is 6.20. The zero-order valence-electron chi connectivity index (χ0n) is 16.0. The minimum absolute atomic E-state index is 0.272. The molecule has 5 heteroatoms. The largest absolute Gasteiger partial charge is 0.467 e. The van der Waals surface area contributed by atoms with Crippen LogP contribution in [0.5, 0.6) is 6.01 Å². The topological polar surface area (TPSA) is 52.1 Å². The Bertz CT molecular complexity index is 576. The molecule has 0 bridgehead atoms. The highest BCUT2D eigenvalue weighted by atomic mass is 35.5. The van der Waals surface area contributed by atoms with Crippen molar-refractivity contribution in [1.82, 2.24) is 9.97 Å². The lowest BCUT2D eigenvalue weighted by Gasteiger charge is -2.34. The molecule has 2 fully saturated rings. The maximum atomic E-state index is 11.5. The number of ketones is 1. The van der Waals surface area contributed by atoms with Crippen LogP contribution in [0, 0.1) is 17.8 Å². The molecule has 2 aliphatic carbocycles. The van der Waals surface area contributed by atoms with Gasteiger partial charge in [0.2, 0.25) is 0 Å². The quantitative estimate of drug-likeness (QED) is 0.642. The first-order valence-corrected chi connectivity index (χ1v) is 10.5. The summed E-state index contributed by atoms with van der Waals surface area (Å²) >= 11 is 6.79. The van der Waals surface area contributed by atoms with E-state index < -0.39 is 0 Å². The number of carbonyl (C=O) groups is 1. The van der Waals surface area contributed by atoms with E-state index in [1.165, 1.54) is 31.2 Å². The molecule has 26 heavy (non-hydrogen) atoms. The van der Waals surface area contributed by atoms with Crippen LogP contribution in [0.2, 0.25) is 0 Å². The highest BCUT2D eigenvalue weighted by Gasteiger charge is 2.31. The highest BCUT2D eigenvalue weighted by Crippen LogP contribution is 2.41. The number of aromatic nitrogens is 2. The van der Waals surface area contributed by atoms with Crippen molar-refractivity contribution < 1.29 is 9.53 Å². The SMILES string of the molecule is COc1ncc(C2CCC(CC(Cl)C3CCC(C(C)=O)CC3)CC2)cn1. The Morgan fingerprint density at radius 3 is 2.27 bits per heavy atom. The molecule has 0 amide bonds. The van der Waals surface area contributed by atoms with Gasteiger partial charge >= 0.3 is 6.01 Å². The number of ether oxygens (including phenoxy) is 1. The molecule has 0 aliphatic heterocycles. The zero-order valence-corrected chi connectivity index (χ0v) is 16.8. The molecular weight excluding hydrogens is 348 g/mol. The van der Waals surface area contributed by atoms with E-state index in [0.717, 1.165) is 38.0 Å². The Morgan fingerprint density at radius 1 is 1.12 bits per heavy atom. The smallest absolute Gasteiger partial charge is 0.316 e. The van der Waals surface area contributed by atoms with Gasteiger partial charge in [-0.05, 0) is 88.0 Å². The lowest BCUT2D eigenvalue weighted by Crippen LogP contribution is -2.27. The number of halogens is 1. The van der Waals surface area contributed by atoms with Crippen LogP contribution in [0.15, 0.2) is 12.4 Å². The van der Waals surface area contributed by atoms with Gasteiger partial charge in [-0.15, -0.1) is 11.6 Å². The van der Waals surface area contributed by atoms with Crippen molar-refractivity contribution in [3.63, 3.8) is 0 Å². The monoisotopic (exact) mass is 378 g/mol. The minimum atomic E-state index is 0.272. The molecule has 0 aromatic carbocycles. The molecule has 1 atom stereocenters. The van der Waals surface area contributed by atoms with Crippen LogP contribution in [0.3, 0.4) is 0 Å². The summed E-state index contributed by atoms with van der Waals surface area (Å²) in [5.74, 6) is 2.54. The van der Waals surface area contributed by atoms with Gasteiger partial charge < -0.3 is 4.74 Å². The van der Waals surface area contributed by atoms with E-state index in [1.807, 2.05) is 12.4 Å². The molecule has 1 aromatic rings. The molecule has 1 heterocycles. The van der Waals surface area contributed by atoms with Gasteiger partial charge in [-0.1, -0.05) is 0 Å². The number of methoxy groups -OCH3 is 1. The van der Waals surface area contributed by atoms with Crippen molar-refractivity contribution >= 4 is 17.4 Å². The van der Waals surface area contributed by atoms with Crippen molar-refractivity contribution in [2.24, 2.45) is 17.8 Å². The Kier molecular flexibility index (Phi) is 6.91. The molecule has 0 radical (unpaired) electrons. The molecule has 2 aliphatic rings. The Hall–Kier alpha value is -1.16. The maximum Gasteiger partial charge on any atom is 0.316 e. The summed E-state index contributed by atoms with van der Waals surface area (Å²) in [6.45, 7) is 1.73. The molecular formula is C21H31ClN2O2. The van der Waals surface area contributed by atoms with E-state index in [-0.39, 0.29) is 11.3 Å². The predicted molar refractivity (Wildman–Crippen MR) is 104 cm³/mol. The average molecular weight is 379 g/mol. The Balaban J connectivity index is 1.42. The second kappa shape index (κ2) is 9.16. The molecule has 4 nitrogen and oxygen atoms in total. The van der Waals surface area contributed by atoms with Gasteiger partial charge in [-0.2, -0.15) is 0 Å². The van der Waals surface area contributed by atoms with E-state index in [1.54, 1.807) is 14.0 Å². The molecule has 1 unspecified atom stereocenters. The van der Waals surface area contributed by atoms with Gasteiger partial charge in [-0.3, -0.25) is 4.79 Å². The molecule has 3 rings (SSSR count). The third-order valence-corrected chi connectivity index (χ3v) is 7.10. The first-order chi connectivity index (χ1) is 12.6. The summed E-state index contributed by atoms with van der Waals surface area (Å²) in [6.07, 6.45) is 14.1. The Morgan fingerprint density at radius 2 is 1.73 bits per heavy atom. The van der Waals surface area contributed by atoms with Crippen LogP contribution in [-0.4, -0.2) is 28.2 Å². The van der Waals surface area contributed by atoms with Crippen LogP contribution in [-0.2, 0) is 4.79 Å². The summed E-state index contributed by atoms with van der Waals surface area (Å²) in [5.41, 5.74) is 1.23. The number of rotatable bonds is 6. The zero-order chi connectivity index (χ0) is 18.5. The summed E-state index contributed by atoms with van der Waals surface area (Å²) in [7, 11) is 1.59. The van der Waals surface area contributed by atoms with Crippen molar-refractivity contribution in [1.29, 1.82) is 0 Å². The van der Waals surface area contributed by atoms with Crippen LogP contribution in [0.4, 0.5) is 0 Å². The standard InChI is InChI=1S/C21H31ClN2O2/c1-14(25)16-7-9-18(10-8-16)20(22)11-15-3-5-17(6-4-15)19-12-23-21(26-2)24-13-19/h12-13,15-18,20H,3-11H2,1-2H3. The van der Waals surface area contributed by atoms with Crippen molar-refractivity contribution in [3.8, 4) is 6.01 Å². The molecule has 0 N–H and O–H groups in total. The van der Waals surface area contributed by atoms with Crippen LogP contribution >= 0.6 is 11.6 Å². The summed E-state index contributed by atoms with van der Waals surface area (Å²) in [6, 6.07) is 0.437. The number of carbonyl (C=O) groups excluding carboxylic acids is 1. The summed E-state index contributed by atoms with van der Waals surface area (Å²) in [5, 5.41) is 0.272. The number of hydrogen-bond donors (Lipinski definition) is 0. The normalized spacial score (nSPS) is 30.6. The molecule has 2 saturated carbocycles. The van der Waals surface area contributed by atoms with Gasteiger partial charge in [0.05, 0.1) is 7.11 Å². The fourth-order valence-electron chi connectivity index (χ4n) is 4.77. The maximum absolute atomic E-state index is 11.5. The van der Waals surface area contributed by atoms with Crippen molar-refractivity contribution in [2.45, 2.75) is 76.0 Å². The van der Waals surface area contributed by atoms with Gasteiger partial charge in [0.1, 0.15) is 5.78 Å². The van der Waals surface area contributed by atoms with Gasteiger partial charge in [0.15, 0.2) is 0 Å². The lowest BCUT2D eigenvalue weighted by molar-refractivity contribution is -0.121. The first kappa shape index (κ1) is 19.6. The van der Waals surface area contributed by atoms with Gasteiger partial charge in [0.25, 0.3) is 0 Å². The molecule has 0 saturated heterocycles. The number of alkyl halides is 1. The predicted octanol–water partition coefficient (Wildman–Crippen LogP) is 5.15. The number of hydrogen-bond acceptors (Lipinski definition) is 4. The van der Waals surface area contributed by atoms with E-state index in [4.69, 9.17) is 16.3 Å². The number of Topliss-reactive ketones (excluding diaryl/α,β-unsaturated/α-hetero) is 1.